The molecule has 0 aliphatic rings. The summed E-state index contributed by atoms with van der Waals surface area (Å²) in [6.45, 7) is 0. The van der Waals surface area contributed by atoms with Crippen molar-refractivity contribution in [3.05, 3.63) is 0 Å². The summed E-state index contributed by atoms with van der Waals surface area (Å²) in [5, 5.41) is 0. The molecule has 0 aromatic rings. The van der Waals surface area contributed by atoms with Crippen LogP contribution in [0.4, 0.5) is 8.78 Å². The summed E-state index contributed by atoms with van der Waals surface area (Å²) in [5.41, 5.74) is 0. The van der Waals surface area contributed by atoms with Gasteiger partial charge in [0.25, 0.3) is 0 Å². The van der Waals surface area contributed by atoms with Crippen molar-refractivity contribution in [3.8, 4) is 0 Å². The number of hydrogen-bond acceptors (Lipinski definition) is 6. The van der Waals surface area contributed by atoms with E-state index in [0.717, 1.165) is 0 Å². The van der Waals surface area contributed by atoms with E-state index in [1.807, 2.05) is 0 Å². The molecule has 0 fully saturated rings. The Labute approximate surface area is 83.7 Å². The van der Waals surface area contributed by atoms with Crippen LogP contribution < -0.4 is 0 Å². The van der Waals surface area contributed by atoms with Gasteiger partial charge in [-0.2, -0.15) is 0 Å². The Morgan fingerprint density at radius 3 is 0.923 bits per heavy atom. The molecule has 0 unspecified atom stereocenters. The van der Waals surface area contributed by atoms with Gasteiger partial charge in [-0.25, -0.2) is 25.6 Å². The summed E-state index contributed by atoms with van der Waals surface area (Å²) in [4.78, 5) is 0. The Bertz CT molecular complexity index is 263. The van der Waals surface area contributed by atoms with Gasteiger partial charge in [0.15, 0.2) is 12.0 Å². The molecule has 0 N–H and O–H groups in total. The molecule has 0 saturated carbocycles. The first-order valence-electron chi connectivity index (χ1n) is 2.11. The molecular formula is C2H4F2NiO6S2. The second-order valence-corrected chi connectivity index (χ2v) is 4.00. The van der Waals surface area contributed by atoms with Crippen LogP contribution in [0, 0.1) is 0 Å². The van der Waals surface area contributed by atoms with Crippen molar-refractivity contribution in [1.82, 2.24) is 0 Å². The SMILES string of the molecule is O=S(=O)([O-])CF.O=S(=O)([O-])CF.[Ni+2]. The van der Waals surface area contributed by atoms with Gasteiger partial charge in [-0.1, -0.05) is 0 Å². The fourth-order valence-corrected chi connectivity index (χ4v) is 0. The third kappa shape index (κ3) is 33.1. The smallest absolute Gasteiger partial charge is 0.746 e. The Hall–Kier alpha value is 0.174. The van der Waals surface area contributed by atoms with Crippen molar-refractivity contribution < 1.29 is 51.2 Å². The average molecular weight is 285 g/mol. The van der Waals surface area contributed by atoms with Crippen LogP contribution in [0.25, 0.3) is 0 Å². The standard InChI is InChI=1S/2CH3FO3S.Ni/c2*2-1-6(3,4)5;/h2*1H2,(H,3,4,5);/q;;+2/p-2. The molecule has 0 aromatic carbocycles. The van der Waals surface area contributed by atoms with Crippen LogP contribution in [0.15, 0.2) is 0 Å². The van der Waals surface area contributed by atoms with Gasteiger partial charge in [0, 0.05) is 0 Å². The molecule has 0 saturated heterocycles. The van der Waals surface area contributed by atoms with Gasteiger partial charge in [0.1, 0.15) is 20.2 Å². The van der Waals surface area contributed by atoms with Crippen LogP contribution >= 0.6 is 0 Å². The molecule has 0 atom stereocenters. The van der Waals surface area contributed by atoms with E-state index in [1.54, 1.807) is 0 Å². The summed E-state index contributed by atoms with van der Waals surface area (Å²) in [7, 11) is -9.16. The fourth-order valence-electron chi connectivity index (χ4n) is 0. The Morgan fingerprint density at radius 1 is 0.846 bits per heavy atom. The predicted molar refractivity (Wildman–Crippen MR) is 31.3 cm³/mol. The van der Waals surface area contributed by atoms with Crippen molar-refractivity contribution in [1.29, 1.82) is 0 Å². The largest absolute Gasteiger partial charge is 2.00 e. The van der Waals surface area contributed by atoms with Crippen molar-refractivity contribution in [2.75, 3.05) is 12.0 Å². The molecule has 0 rings (SSSR count). The molecule has 11 heteroatoms. The van der Waals surface area contributed by atoms with Crippen molar-refractivity contribution in [2.24, 2.45) is 0 Å². The van der Waals surface area contributed by atoms with E-state index in [9.17, 15) is 8.78 Å². The van der Waals surface area contributed by atoms with Crippen molar-refractivity contribution in [3.63, 3.8) is 0 Å². The molecule has 0 radical (unpaired) electrons. The Morgan fingerprint density at radius 2 is 0.923 bits per heavy atom. The van der Waals surface area contributed by atoms with Crippen LogP contribution in [0.5, 0.6) is 0 Å². The Balaban J connectivity index is -0.000000143. The molecule has 0 aromatic heterocycles. The number of rotatable bonds is 2. The van der Waals surface area contributed by atoms with Gasteiger partial charge < -0.3 is 9.11 Å². The molecule has 13 heavy (non-hydrogen) atoms. The summed E-state index contributed by atoms with van der Waals surface area (Å²) >= 11 is 0. The maximum atomic E-state index is 10.6. The molecule has 0 heterocycles. The van der Waals surface area contributed by atoms with E-state index in [1.165, 1.54) is 0 Å². The first kappa shape index (κ1) is 18.9. The third-order valence-electron chi connectivity index (χ3n) is 0.267. The average Bonchev–Trinajstić information content (AvgIpc) is 1.86. The molecule has 0 aliphatic heterocycles. The summed E-state index contributed by atoms with van der Waals surface area (Å²) in [5.74, 6) is 0. The quantitative estimate of drug-likeness (QED) is 0.470. The van der Waals surface area contributed by atoms with Gasteiger partial charge >= 0.3 is 16.5 Å². The zero-order chi connectivity index (χ0) is 10.4. The van der Waals surface area contributed by atoms with Gasteiger partial charge in [-0.3, -0.25) is 0 Å². The van der Waals surface area contributed by atoms with Gasteiger partial charge in [-0.05, 0) is 0 Å². The third-order valence-corrected chi connectivity index (χ3v) is 0.802. The molecule has 0 bridgehead atoms. The van der Waals surface area contributed by atoms with E-state index in [4.69, 9.17) is 25.9 Å². The van der Waals surface area contributed by atoms with Crippen LogP contribution in [0.1, 0.15) is 0 Å². The van der Waals surface area contributed by atoms with Gasteiger partial charge in [0.05, 0.1) is 0 Å². The first-order chi connectivity index (χ1) is 5.12. The minimum atomic E-state index is -4.58. The number of halogens is 2. The summed E-state index contributed by atoms with van der Waals surface area (Å²) in [6, 6.07) is -3.62. The van der Waals surface area contributed by atoms with E-state index < -0.39 is 32.2 Å². The maximum Gasteiger partial charge on any atom is 2.00 e. The van der Waals surface area contributed by atoms with E-state index in [2.05, 4.69) is 0 Å². The maximum absolute atomic E-state index is 10.6. The van der Waals surface area contributed by atoms with Crippen LogP contribution in [0.3, 0.4) is 0 Å². The number of alkyl halides is 2. The van der Waals surface area contributed by atoms with Crippen molar-refractivity contribution >= 4 is 20.2 Å². The van der Waals surface area contributed by atoms with E-state index >= 15 is 0 Å². The van der Waals surface area contributed by atoms with Crippen LogP contribution in [-0.2, 0) is 36.7 Å². The van der Waals surface area contributed by atoms with E-state index in [-0.39, 0.29) is 16.5 Å². The van der Waals surface area contributed by atoms with Crippen LogP contribution in [0.2, 0.25) is 0 Å². The fraction of sp³-hybridized carbons (Fsp3) is 1.00. The second kappa shape index (κ2) is 7.57. The zero-order valence-corrected chi connectivity index (χ0v) is 8.37. The van der Waals surface area contributed by atoms with Gasteiger partial charge in [-0.15, -0.1) is 0 Å². The molecule has 0 spiro atoms. The monoisotopic (exact) mass is 284 g/mol. The molecule has 6 nitrogen and oxygen atoms in total. The molecule has 0 amide bonds. The molecule has 84 valence electrons. The Kier molecular flexibility index (Phi) is 11.0. The van der Waals surface area contributed by atoms with Crippen LogP contribution in [-0.4, -0.2) is 38.0 Å². The summed E-state index contributed by atoms with van der Waals surface area (Å²) < 4.78 is 75.6. The molecule has 0 aliphatic carbocycles. The minimum absolute atomic E-state index is 0. The predicted octanol–water partition coefficient (Wildman–Crippen LogP) is -1.09. The summed E-state index contributed by atoms with van der Waals surface area (Å²) in [6.07, 6.45) is 0. The number of hydrogen-bond donors (Lipinski definition) is 0. The van der Waals surface area contributed by atoms with E-state index in [0.29, 0.717) is 0 Å². The first-order valence-corrected chi connectivity index (χ1v) is 5.27. The molecular weight excluding hydrogens is 281 g/mol. The minimum Gasteiger partial charge on any atom is -0.746 e. The topological polar surface area (TPSA) is 114 Å². The second-order valence-electron chi connectivity index (χ2n) is 1.33. The van der Waals surface area contributed by atoms with Crippen molar-refractivity contribution in [2.45, 2.75) is 0 Å². The zero-order valence-electron chi connectivity index (χ0n) is 5.75. The normalized spacial score (nSPS) is 10.8. The van der Waals surface area contributed by atoms with Gasteiger partial charge in [0.2, 0.25) is 0 Å².